The van der Waals surface area contributed by atoms with E-state index in [1.54, 1.807) is 0 Å². The number of anilines is 1. The Morgan fingerprint density at radius 2 is 2.00 bits per heavy atom. The molecule has 3 aromatic heterocycles. The molecule has 0 aromatic carbocycles. The molecular formula is C18H21N7. The van der Waals surface area contributed by atoms with Gasteiger partial charge in [-0.15, -0.1) is 15.3 Å². The van der Waals surface area contributed by atoms with Crippen LogP contribution in [0.15, 0.2) is 36.5 Å². The molecule has 1 aliphatic carbocycles. The van der Waals surface area contributed by atoms with Crippen molar-refractivity contribution in [3.05, 3.63) is 48.0 Å². The number of rotatable bonds is 6. The highest BCUT2D eigenvalue weighted by Gasteiger charge is 2.31. The van der Waals surface area contributed by atoms with Crippen molar-refractivity contribution in [3.63, 3.8) is 0 Å². The molecule has 4 heterocycles. The van der Waals surface area contributed by atoms with E-state index in [9.17, 15) is 0 Å². The third kappa shape index (κ3) is 2.95. The summed E-state index contributed by atoms with van der Waals surface area (Å²) in [5.41, 5.74) is 1.94. The predicted molar refractivity (Wildman–Crippen MR) is 94.4 cm³/mol. The molecule has 7 heteroatoms. The first-order valence-corrected chi connectivity index (χ1v) is 8.95. The minimum atomic E-state index is 0.553. The highest BCUT2D eigenvalue weighted by molar-refractivity contribution is 5.47. The van der Waals surface area contributed by atoms with Gasteiger partial charge in [-0.1, -0.05) is 6.07 Å². The van der Waals surface area contributed by atoms with Gasteiger partial charge in [-0.05, 0) is 37.1 Å². The Morgan fingerprint density at radius 1 is 1.08 bits per heavy atom. The lowest BCUT2D eigenvalue weighted by atomic mass is 10.0. The van der Waals surface area contributed by atoms with Crippen molar-refractivity contribution < 1.29 is 0 Å². The number of fused-ring (bicyclic) bond motifs is 1. The summed E-state index contributed by atoms with van der Waals surface area (Å²) in [6.07, 6.45) is 4.26. The van der Waals surface area contributed by atoms with Crippen molar-refractivity contribution in [2.75, 3.05) is 24.5 Å². The zero-order valence-corrected chi connectivity index (χ0v) is 14.0. The largest absolute Gasteiger partial charge is 0.354 e. The van der Waals surface area contributed by atoms with E-state index in [2.05, 4.69) is 37.5 Å². The van der Waals surface area contributed by atoms with E-state index in [4.69, 9.17) is 5.10 Å². The van der Waals surface area contributed by atoms with Crippen LogP contribution in [0.4, 0.5) is 5.82 Å². The third-order valence-corrected chi connectivity index (χ3v) is 4.96. The lowest BCUT2D eigenvalue weighted by molar-refractivity contribution is 0.380. The second-order valence-corrected chi connectivity index (χ2v) is 7.02. The summed E-state index contributed by atoms with van der Waals surface area (Å²) in [7, 11) is 0. The molecule has 1 aliphatic heterocycles. The zero-order chi connectivity index (χ0) is 16.6. The van der Waals surface area contributed by atoms with Gasteiger partial charge in [0.05, 0.1) is 5.69 Å². The fourth-order valence-electron chi connectivity index (χ4n) is 3.35. The summed E-state index contributed by atoms with van der Waals surface area (Å²) in [6, 6.07) is 10.1. The maximum atomic E-state index is 4.77. The number of nitrogens with zero attached hydrogens (tertiary/aromatic N) is 6. The monoisotopic (exact) mass is 335 g/mol. The van der Waals surface area contributed by atoms with Crippen molar-refractivity contribution >= 4 is 11.5 Å². The molecule has 0 spiro atoms. The van der Waals surface area contributed by atoms with Crippen LogP contribution in [0.3, 0.4) is 0 Å². The Hall–Kier alpha value is -2.54. The van der Waals surface area contributed by atoms with Crippen molar-refractivity contribution in [2.45, 2.75) is 25.3 Å². The second-order valence-electron chi connectivity index (χ2n) is 7.02. The number of hydrogen-bond acceptors (Lipinski definition) is 6. The van der Waals surface area contributed by atoms with Gasteiger partial charge >= 0.3 is 0 Å². The van der Waals surface area contributed by atoms with Crippen molar-refractivity contribution in [3.8, 4) is 0 Å². The molecule has 128 valence electrons. The van der Waals surface area contributed by atoms with Gasteiger partial charge in [0.15, 0.2) is 11.5 Å². The van der Waals surface area contributed by atoms with Gasteiger partial charge in [-0.3, -0.25) is 4.98 Å². The Labute approximate surface area is 146 Å². The fourth-order valence-corrected chi connectivity index (χ4v) is 3.35. The van der Waals surface area contributed by atoms with Crippen LogP contribution in [0, 0.1) is 5.92 Å². The van der Waals surface area contributed by atoms with Gasteiger partial charge in [-0.25, -0.2) is 0 Å². The van der Waals surface area contributed by atoms with Gasteiger partial charge in [0.25, 0.3) is 0 Å². The Bertz CT molecular complexity index is 866. The van der Waals surface area contributed by atoms with Crippen LogP contribution in [0.2, 0.25) is 0 Å². The van der Waals surface area contributed by atoms with E-state index >= 15 is 0 Å². The van der Waals surface area contributed by atoms with E-state index in [-0.39, 0.29) is 0 Å². The highest BCUT2D eigenvalue weighted by Crippen LogP contribution is 2.38. The zero-order valence-electron chi connectivity index (χ0n) is 14.0. The Balaban J connectivity index is 1.18. The van der Waals surface area contributed by atoms with Crippen LogP contribution in [0.5, 0.6) is 0 Å². The van der Waals surface area contributed by atoms with Crippen molar-refractivity contribution in [1.29, 1.82) is 0 Å². The number of pyridine rings is 1. The first kappa shape index (κ1) is 14.8. The van der Waals surface area contributed by atoms with Gasteiger partial charge in [0, 0.05) is 44.2 Å². The molecule has 3 aromatic rings. The van der Waals surface area contributed by atoms with Crippen molar-refractivity contribution in [2.24, 2.45) is 5.92 Å². The molecule has 0 unspecified atom stereocenters. The standard InChI is InChI=1S/C18H21N7/c1-2-8-20-15(3-1)10-19-9-13-11-24(12-13)17-7-6-16-21-22-18(14-4-5-14)25(16)23-17/h1-3,6-8,13-14,19H,4-5,9-12H2. The Morgan fingerprint density at radius 3 is 2.80 bits per heavy atom. The second kappa shape index (κ2) is 6.07. The summed E-state index contributed by atoms with van der Waals surface area (Å²) in [6.45, 7) is 3.91. The molecule has 2 aliphatic rings. The van der Waals surface area contributed by atoms with E-state index in [1.807, 2.05) is 28.9 Å². The molecular weight excluding hydrogens is 314 g/mol. The Kier molecular flexibility index (Phi) is 3.59. The first-order valence-electron chi connectivity index (χ1n) is 8.95. The molecule has 0 bridgehead atoms. The fraction of sp³-hybridized carbons (Fsp3) is 0.444. The summed E-state index contributed by atoms with van der Waals surface area (Å²) >= 11 is 0. The number of nitrogens with one attached hydrogen (secondary N) is 1. The lowest BCUT2D eigenvalue weighted by Crippen LogP contribution is -2.51. The van der Waals surface area contributed by atoms with Crippen LogP contribution in [0.25, 0.3) is 5.65 Å². The smallest absolute Gasteiger partial charge is 0.178 e. The molecule has 0 amide bonds. The molecule has 2 fully saturated rings. The molecule has 1 saturated heterocycles. The summed E-state index contributed by atoms with van der Waals surface area (Å²) < 4.78 is 1.93. The van der Waals surface area contributed by atoms with E-state index in [1.165, 1.54) is 12.8 Å². The molecule has 0 atom stereocenters. The van der Waals surface area contributed by atoms with Gasteiger partial charge in [-0.2, -0.15) is 4.52 Å². The first-order chi connectivity index (χ1) is 12.4. The SMILES string of the molecule is c1ccc(CNCC2CN(c3ccc4nnc(C5CC5)n4n3)C2)nc1. The third-order valence-electron chi connectivity index (χ3n) is 4.96. The lowest BCUT2D eigenvalue weighted by Gasteiger charge is -2.40. The van der Waals surface area contributed by atoms with Crippen LogP contribution in [-0.2, 0) is 6.54 Å². The number of hydrogen-bond donors (Lipinski definition) is 1. The molecule has 5 rings (SSSR count). The van der Waals surface area contributed by atoms with Gasteiger partial charge in [0.2, 0.25) is 0 Å². The summed E-state index contributed by atoms with van der Waals surface area (Å²) in [5.74, 6) is 3.25. The minimum Gasteiger partial charge on any atom is -0.354 e. The van der Waals surface area contributed by atoms with E-state index in [0.29, 0.717) is 11.8 Å². The number of aromatic nitrogens is 5. The average molecular weight is 335 g/mol. The van der Waals surface area contributed by atoms with Crippen LogP contribution < -0.4 is 10.2 Å². The van der Waals surface area contributed by atoms with Gasteiger partial charge < -0.3 is 10.2 Å². The maximum absolute atomic E-state index is 4.77. The van der Waals surface area contributed by atoms with E-state index in [0.717, 1.165) is 49.2 Å². The molecule has 1 N–H and O–H groups in total. The van der Waals surface area contributed by atoms with Gasteiger partial charge in [0.1, 0.15) is 5.82 Å². The average Bonchev–Trinajstić information content (AvgIpc) is 3.37. The summed E-state index contributed by atoms with van der Waals surface area (Å²) in [5, 5.41) is 16.8. The quantitative estimate of drug-likeness (QED) is 0.738. The van der Waals surface area contributed by atoms with Crippen molar-refractivity contribution in [1.82, 2.24) is 30.1 Å². The molecule has 0 radical (unpaired) electrons. The molecule has 7 nitrogen and oxygen atoms in total. The van der Waals surface area contributed by atoms with E-state index < -0.39 is 0 Å². The molecule has 25 heavy (non-hydrogen) atoms. The van der Waals surface area contributed by atoms with Crippen LogP contribution >= 0.6 is 0 Å². The maximum Gasteiger partial charge on any atom is 0.178 e. The minimum absolute atomic E-state index is 0.553. The predicted octanol–water partition coefficient (Wildman–Crippen LogP) is 1.62. The van der Waals surface area contributed by atoms with Crippen LogP contribution in [0.1, 0.15) is 30.3 Å². The molecule has 1 saturated carbocycles. The topological polar surface area (TPSA) is 71.2 Å². The normalized spacial score (nSPS) is 17.8. The summed E-state index contributed by atoms with van der Waals surface area (Å²) in [4.78, 5) is 6.66. The van der Waals surface area contributed by atoms with Crippen LogP contribution in [-0.4, -0.2) is 44.4 Å². The highest BCUT2D eigenvalue weighted by atomic mass is 15.4.